The van der Waals surface area contributed by atoms with E-state index in [-0.39, 0.29) is 6.10 Å². The molecule has 4 nitrogen and oxygen atoms in total. The van der Waals surface area contributed by atoms with Crippen LogP contribution >= 0.6 is 7.60 Å². The molecule has 1 aromatic carbocycles. The van der Waals surface area contributed by atoms with Crippen molar-refractivity contribution < 1.29 is 19.1 Å². The molecule has 2 N–H and O–H groups in total. The molecule has 0 bridgehead atoms. The van der Waals surface area contributed by atoms with E-state index >= 15 is 0 Å². The number of ether oxygens (including phenoxy) is 1. The van der Waals surface area contributed by atoms with Crippen LogP contribution in [0.5, 0.6) is 5.75 Å². The Hall–Kier alpha value is -0.830. The number of hydrogen-bond donors (Lipinski definition) is 2. The van der Waals surface area contributed by atoms with Gasteiger partial charge in [-0.3, -0.25) is 4.57 Å². The Kier molecular flexibility index (Phi) is 5.13. The van der Waals surface area contributed by atoms with Crippen LogP contribution in [0.2, 0.25) is 0 Å². The van der Waals surface area contributed by atoms with Crippen LogP contribution in [0.15, 0.2) is 24.3 Å². The van der Waals surface area contributed by atoms with Gasteiger partial charge in [-0.2, -0.15) is 0 Å². The van der Waals surface area contributed by atoms with Crippen LogP contribution in [0.3, 0.4) is 0 Å². The lowest BCUT2D eigenvalue weighted by Gasteiger charge is -2.34. The summed E-state index contributed by atoms with van der Waals surface area (Å²) in [6.45, 7) is 3.66. The van der Waals surface area contributed by atoms with E-state index in [0.29, 0.717) is 24.2 Å². The highest BCUT2D eigenvalue weighted by Crippen LogP contribution is 2.62. The van der Waals surface area contributed by atoms with Crippen LogP contribution in [-0.4, -0.2) is 15.9 Å². The largest absolute Gasteiger partial charge is 0.490 e. The summed E-state index contributed by atoms with van der Waals surface area (Å²) in [5, 5.41) is -1.15. The molecule has 0 radical (unpaired) electrons. The normalized spacial score (nSPS) is 17.1. The first kappa shape index (κ1) is 16.5. The zero-order valence-electron chi connectivity index (χ0n) is 12.8. The van der Waals surface area contributed by atoms with Crippen LogP contribution in [0, 0.1) is 0 Å². The highest BCUT2D eigenvalue weighted by molar-refractivity contribution is 7.53. The average Bonchev–Trinajstić information content (AvgIpc) is 2.94. The van der Waals surface area contributed by atoms with Gasteiger partial charge in [-0.15, -0.1) is 0 Å². The van der Waals surface area contributed by atoms with Gasteiger partial charge in [0.15, 0.2) is 0 Å². The zero-order valence-corrected chi connectivity index (χ0v) is 13.7. The Bertz CT molecular complexity index is 513. The second kappa shape index (κ2) is 6.51. The fourth-order valence-corrected chi connectivity index (χ4v) is 4.66. The second-order valence-electron chi connectivity index (χ2n) is 5.80. The summed E-state index contributed by atoms with van der Waals surface area (Å²) < 4.78 is 18.2. The maximum Gasteiger partial charge on any atom is 0.336 e. The minimum absolute atomic E-state index is 0.175. The molecule has 1 aliphatic carbocycles. The quantitative estimate of drug-likeness (QED) is 0.773. The van der Waals surface area contributed by atoms with Gasteiger partial charge in [-0.25, -0.2) is 0 Å². The Morgan fingerprint density at radius 1 is 1.19 bits per heavy atom. The first-order chi connectivity index (χ1) is 9.94. The van der Waals surface area contributed by atoms with E-state index in [1.54, 1.807) is 6.07 Å². The Labute approximate surface area is 126 Å². The van der Waals surface area contributed by atoms with E-state index in [1.165, 1.54) is 0 Å². The van der Waals surface area contributed by atoms with Crippen molar-refractivity contribution in [2.24, 2.45) is 0 Å². The van der Waals surface area contributed by atoms with Crippen molar-refractivity contribution in [3.63, 3.8) is 0 Å². The molecule has 0 amide bonds. The van der Waals surface area contributed by atoms with Crippen molar-refractivity contribution in [3.05, 3.63) is 29.8 Å². The van der Waals surface area contributed by atoms with Crippen molar-refractivity contribution in [1.29, 1.82) is 0 Å². The predicted molar refractivity (Wildman–Crippen MR) is 83.6 cm³/mol. The number of para-hydroxylation sites is 1. The van der Waals surface area contributed by atoms with Crippen LogP contribution in [-0.2, 0) is 9.72 Å². The summed E-state index contributed by atoms with van der Waals surface area (Å²) in [4.78, 5) is 19.8. The van der Waals surface area contributed by atoms with Crippen molar-refractivity contribution in [3.8, 4) is 5.75 Å². The van der Waals surface area contributed by atoms with Crippen molar-refractivity contribution in [2.75, 3.05) is 0 Å². The summed E-state index contributed by atoms with van der Waals surface area (Å²) in [6, 6.07) is 7.33. The van der Waals surface area contributed by atoms with Crippen molar-refractivity contribution in [2.45, 2.75) is 63.6 Å². The van der Waals surface area contributed by atoms with Gasteiger partial charge in [0.25, 0.3) is 0 Å². The van der Waals surface area contributed by atoms with Crippen molar-refractivity contribution >= 4 is 7.60 Å². The lowest BCUT2D eigenvalue weighted by atomic mass is 9.92. The molecule has 1 aromatic rings. The van der Waals surface area contributed by atoms with Crippen LogP contribution in [0.4, 0.5) is 0 Å². The Morgan fingerprint density at radius 2 is 1.76 bits per heavy atom. The summed E-state index contributed by atoms with van der Waals surface area (Å²) >= 11 is 0. The van der Waals surface area contributed by atoms with Gasteiger partial charge in [0, 0.05) is 5.56 Å². The van der Waals surface area contributed by atoms with Crippen LogP contribution in [0.1, 0.15) is 57.9 Å². The zero-order chi connectivity index (χ0) is 15.5. The van der Waals surface area contributed by atoms with E-state index in [2.05, 4.69) is 0 Å². The lowest BCUT2D eigenvalue weighted by Crippen LogP contribution is -2.26. The SMILES string of the molecule is CCC(CC)(c1ccccc1OC1CCCC1)P(=O)(O)O. The monoisotopic (exact) mass is 312 g/mol. The minimum Gasteiger partial charge on any atom is -0.490 e. The van der Waals surface area contributed by atoms with Gasteiger partial charge in [0.1, 0.15) is 5.75 Å². The van der Waals surface area contributed by atoms with Crippen LogP contribution < -0.4 is 4.74 Å². The molecule has 21 heavy (non-hydrogen) atoms. The molecule has 0 aromatic heterocycles. The molecule has 0 saturated heterocycles. The van der Waals surface area contributed by atoms with Gasteiger partial charge >= 0.3 is 7.60 Å². The van der Waals surface area contributed by atoms with E-state index in [1.807, 2.05) is 32.0 Å². The van der Waals surface area contributed by atoms with E-state index in [9.17, 15) is 14.4 Å². The number of benzene rings is 1. The highest BCUT2D eigenvalue weighted by Gasteiger charge is 2.47. The fourth-order valence-electron chi connectivity index (χ4n) is 3.34. The van der Waals surface area contributed by atoms with Crippen molar-refractivity contribution in [1.82, 2.24) is 0 Å². The second-order valence-corrected chi connectivity index (χ2v) is 7.75. The third-order valence-electron chi connectivity index (χ3n) is 4.71. The summed E-state index contributed by atoms with van der Waals surface area (Å²) in [5.74, 6) is 0.636. The molecule has 1 fully saturated rings. The standard InChI is InChI=1S/C16H25O4P/c1-3-16(4-2,21(17,18)19)14-11-7-8-12-15(14)20-13-9-5-6-10-13/h7-8,11-13H,3-6,9-10H2,1-2H3,(H2,17,18,19). The molecular formula is C16H25O4P. The summed E-state index contributed by atoms with van der Waals surface area (Å²) in [6.07, 6.45) is 5.33. The van der Waals surface area contributed by atoms with E-state index in [4.69, 9.17) is 4.74 Å². The number of rotatable bonds is 6. The first-order valence-electron chi connectivity index (χ1n) is 7.76. The highest BCUT2D eigenvalue weighted by atomic mass is 31.2. The molecule has 0 heterocycles. The molecule has 0 atom stereocenters. The molecule has 1 aliphatic rings. The molecule has 5 heteroatoms. The fraction of sp³-hybridized carbons (Fsp3) is 0.625. The topological polar surface area (TPSA) is 66.8 Å². The third-order valence-corrected chi connectivity index (χ3v) is 6.70. The first-order valence-corrected chi connectivity index (χ1v) is 9.37. The predicted octanol–water partition coefficient (Wildman–Crippen LogP) is 4.20. The molecular weight excluding hydrogens is 287 g/mol. The molecule has 118 valence electrons. The van der Waals surface area contributed by atoms with Gasteiger partial charge in [0.2, 0.25) is 0 Å². The van der Waals surface area contributed by atoms with E-state index < -0.39 is 12.8 Å². The Morgan fingerprint density at radius 3 is 2.29 bits per heavy atom. The number of hydrogen-bond acceptors (Lipinski definition) is 2. The third kappa shape index (κ3) is 3.18. The summed E-state index contributed by atoms with van der Waals surface area (Å²) in [5.41, 5.74) is 0.648. The van der Waals surface area contributed by atoms with Gasteiger partial charge in [-0.1, -0.05) is 32.0 Å². The summed E-state index contributed by atoms with van der Waals surface area (Å²) in [7, 11) is -4.28. The molecule has 2 rings (SSSR count). The maximum atomic E-state index is 12.1. The van der Waals surface area contributed by atoms with Gasteiger partial charge < -0.3 is 14.5 Å². The van der Waals surface area contributed by atoms with Gasteiger partial charge in [-0.05, 0) is 44.6 Å². The van der Waals surface area contributed by atoms with Crippen LogP contribution in [0.25, 0.3) is 0 Å². The molecule has 0 aliphatic heterocycles. The molecule has 1 saturated carbocycles. The van der Waals surface area contributed by atoms with Gasteiger partial charge in [0.05, 0.1) is 11.3 Å². The average molecular weight is 312 g/mol. The lowest BCUT2D eigenvalue weighted by molar-refractivity contribution is 0.203. The minimum atomic E-state index is -4.28. The van der Waals surface area contributed by atoms with E-state index in [0.717, 1.165) is 25.7 Å². The smallest absolute Gasteiger partial charge is 0.336 e. The molecule has 0 spiro atoms. The Balaban J connectivity index is 2.43. The molecule has 0 unspecified atom stereocenters. The maximum absolute atomic E-state index is 12.1.